The van der Waals surface area contributed by atoms with E-state index in [1.54, 1.807) is 6.07 Å². The van der Waals surface area contributed by atoms with E-state index in [1.807, 2.05) is 6.07 Å². The molecule has 1 unspecified atom stereocenters. The molecule has 2 rings (SSSR count). The number of aldehydes is 1. The number of hydrogen-bond donors (Lipinski definition) is 0. The van der Waals surface area contributed by atoms with Crippen LogP contribution >= 0.6 is 0 Å². The highest BCUT2D eigenvalue weighted by Crippen LogP contribution is 2.21. The third-order valence-corrected chi connectivity index (χ3v) is 3.63. The van der Waals surface area contributed by atoms with Crippen LogP contribution in [-0.4, -0.2) is 23.8 Å². The average Bonchev–Trinajstić information content (AvgIpc) is 2.68. The first-order chi connectivity index (χ1) is 8.33. The van der Waals surface area contributed by atoms with Crippen LogP contribution in [-0.2, 0) is 6.54 Å². The van der Waals surface area contributed by atoms with Crippen LogP contribution in [0.5, 0.6) is 0 Å². The van der Waals surface area contributed by atoms with Gasteiger partial charge in [-0.2, -0.15) is 0 Å². The molecule has 0 amide bonds. The molecule has 1 atom stereocenters. The van der Waals surface area contributed by atoms with Crippen LogP contribution in [0.3, 0.4) is 0 Å². The summed E-state index contributed by atoms with van der Waals surface area (Å²) in [6, 6.07) is 4.34. The SMILES string of the molecule is CCC1CCCCCN1Cc1ccc(C=O)o1. The Morgan fingerprint density at radius 3 is 3.00 bits per heavy atom. The van der Waals surface area contributed by atoms with E-state index in [1.165, 1.54) is 32.1 Å². The molecule has 94 valence electrons. The van der Waals surface area contributed by atoms with Crippen LogP contribution in [0.25, 0.3) is 0 Å². The van der Waals surface area contributed by atoms with E-state index >= 15 is 0 Å². The highest BCUT2D eigenvalue weighted by Gasteiger charge is 2.20. The van der Waals surface area contributed by atoms with Gasteiger partial charge in [0.05, 0.1) is 6.54 Å². The van der Waals surface area contributed by atoms with Gasteiger partial charge < -0.3 is 4.42 Å². The lowest BCUT2D eigenvalue weighted by Crippen LogP contribution is -2.33. The van der Waals surface area contributed by atoms with Crippen molar-refractivity contribution < 1.29 is 9.21 Å². The van der Waals surface area contributed by atoms with Gasteiger partial charge >= 0.3 is 0 Å². The fraction of sp³-hybridized carbons (Fsp3) is 0.643. The molecule has 0 N–H and O–H groups in total. The Kier molecular flexibility index (Phi) is 4.37. The Hall–Kier alpha value is -1.09. The summed E-state index contributed by atoms with van der Waals surface area (Å²) < 4.78 is 5.46. The van der Waals surface area contributed by atoms with Gasteiger partial charge in [0.1, 0.15) is 5.76 Å². The number of carbonyl (C=O) groups is 1. The molecule has 1 aromatic heterocycles. The second kappa shape index (κ2) is 6.01. The van der Waals surface area contributed by atoms with Crippen molar-refractivity contribution in [3.8, 4) is 0 Å². The van der Waals surface area contributed by atoms with E-state index in [4.69, 9.17) is 4.42 Å². The molecule has 17 heavy (non-hydrogen) atoms. The summed E-state index contributed by atoms with van der Waals surface area (Å²) in [6.45, 7) is 4.24. The fourth-order valence-corrected chi connectivity index (χ4v) is 2.65. The molecular formula is C14H21NO2. The van der Waals surface area contributed by atoms with Gasteiger partial charge in [-0.05, 0) is 37.9 Å². The first-order valence-electron chi connectivity index (χ1n) is 6.61. The minimum Gasteiger partial charge on any atom is -0.457 e. The topological polar surface area (TPSA) is 33.5 Å². The maximum atomic E-state index is 10.6. The summed E-state index contributed by atoms with van der Waals surface area (Å²) in [5.74, 6) is 1.34. The molecule has 1 saturated heterocycles. The fourth-order valence-electron chi connectivity index (χ4n) is 2.65. The molecule has 0 aromatic carbocycles. The standard InChI is InChI=1S/C14H21NO2/c1-2-12-6-4-3-5-9-15(12)10-13-7-8-14(11-16)17-13/h7-8,11-12H,2-6,9-10H2,1H3. The summed E-state index contributed by atoms with van der Waals surface area (Å²) in [5, 5.41) is 0. The smallest absolute Gasteiger partial charge is 0.185 e. The molecule has 0 radical (unpaired) electrons. The van der Waals surface area contributed by atoms with Crippen molar-refractivity contribution in [1.29, 1.82) is 0 Å². The van der Waals surface area contributed by atoms with Crippen molar-refractivity contribution in [1.82, 2.24) is 4.90 Å². The summed E-state index contributed by atoms with van der Waals surface area (Å²) in [7, 11) is 0. The van der Waals surface area contributed by atoms with Crippen LogP contribution in [0.4, 0.5) is 0 Å². The first kappa shape index (κ1) is 12.4. The van der Waals surface area contributed by atoms with Crippen molar-refractivity contribution in [2.24, 2.45) is 0 Å². The van der Waals surface area contributed by atoms with Crippen LogP contribution in [0, 0.1) is 0 Å². The van der Waals surface area contributed by atoms with Crippen LogP contribution in [0.1, 0.15) is 55.3 Å². The van der Waals surface area contributed by atoms with Gasteiger partial charge in [0.2, 0.25) is 0 Å². The molecule has 2 heterocycles. The highest BCUT2D eigenvalue weighted by molar-refractivity contribution is 5.70. The first-order valence-corrected chi connectivity index (χ1v) is 6.61. The minimum atomic E-state index is 0.433. The Balaban J connectivity index is 2.01. The Labute approximate surface area is 103 Å². The molecule has 1 aliphatic rings. The molecule has 0 aliphatic carbocycles. The lowest BCUT2D eigenvalue weighted by Gasteiger charge is -2.28. The zero-order chi connectivity index (χ0) is 12.1. The average molecular weight is 235 g/mol. The monoisotopic (exact) mass is 235 g/mol. The van der Waals surface area contributed by atoms with E-state index in [0.717, 1.165) is 25.1 Å². The molecule has 0 bridgehead atoms. The number of carbonyl (C=O) groups excluding carboxylic acids is 1. The zero-order valence-corrected chi connectivity index (χ0v) is 10.5. The Morgan fingerprint density at radius 1 is 1.41 bits per heavy atom. The van der Waals surface area contributed by atoms with E-state index < -0.39 is 0 Å². The van der Waals surface area contributed by atoms with E-state index in [2.05, 4.69) is 11.8 Å². The maximum Gasteiger partial charge on any atom is 0.185 e. The van der Waals surface area contributed by atoms with E-state index in [-0.39, 0.29) is 0 Å². The second-order valence-electron chi connectivity index (χ2n) is 4.80. The number of nitrogens with zero attached hydrogens (tertiary/aromatic N) is 1. The van der Waals surface area contributed by atoms with E-state index in [0.29, 0.717) is 11.8 Å². The van der Waals surface area contributed by atoms with Gasteiger partial charge in [0, 0.05) is 6.04 Å². The minimum absolute atomic E-state index is 0.433. The van der Waals surface area contributed by atoms with Crippen molar-refractivity contribution in [3.63, 3.8) is 0 Å². The molecule has 3 nitrogen and oxygen atoms in total. The predicted octanol–water partition coefficient (Wildman–Crippen LogP) is 3.25. The molecule has 0 spiro atoms. The van der Waals surface area contributed by atoms with Gasteiger partial charge in [-0.3, -0.25) is 9.69 Å². The van der Waals surface area contributed by atoms with Crippen molar-refractivity contribution >= 4 is 6.29 Å². The third kappa shape index (κ3) is 3.19. The lowest BCUT2D eigenvalue weighted by molar-refractivity contribution is 0.109. The summed E-state index contributed by atoms with van der Waals surface area (Å²) in [5.41, 5.74) is 0. The van der Waals surface area contributed by atoms with Crippen LogP contribution in [0.15, 0.2) is 16.5 Å². The molecule has 1 aliphatic heterocycles. The highest BCUT2D eigenvalue weighted by atomic mass is 16.3. The number of rotatable bonds is 4. The van der Waals surface area contributed by atoms with Crippen LogP contribution < -0.4 is 0 Å². The Morgan fingerprint density at radius 2 is 2.29 bits per heavy atom. The molecule has 1 fully saturated rings. The second-order valence-corrected chi connectivity index (χ2v) is 4.80. The number of likely N-dealkylation sites (tertiary alicyclic amines) is 1. The summed E-state index contributed by atoms with van der Waals surface area (Å²) >= 11 is 0. The van der Waals surface area contributed by atoms with Gasteiger partial charge in [-0.1, -0.05) is 19.8 Å². The third-order valence-electron chi connectivity index (χ3n) is 3.63. The molecule has 0 saturated carbocycles. The lowest BCUT2D eigenvalue weighted by atomic mass is 10.1. The van der Waals surface area contributed by atoms with Gasteiger partial charge in [-0.15, -0.1) is 0 Å². The Bertz CT molecular complexity index is 359. The predicted molar refractivity (Wildman–Crippen MR) is 67.1 cm³/mol. The van der Waals surface area contributed by atoms with Crippen molar-refractivity contribution in [3.05, 3.63) is 23.7 Å². The van der Waals surface area contributed by atoms with Crippen molar-refractivity contribution in [2.45, 2.75) is 51.6 Å². The molecular weight excluding hydrogens is 214 g/mol. The summed E-state index contributed by atoms with van der Waals surface area (Å²) in [6.07, 6.45) is 7.21. The molecule has 3 heteroatoms. The number of hydrogen-bond acceptors (Lipinski definition) is 3. The van der Waals surface area contributed by atoms with Gasteiger partial charge in [-0.25, -0.2) is 0 Å². The van der Waals surface area contributed by atoms with Crippen LogP contribution in [0.2, 0.25) is 0 Å². The number of furan rings is 1. The molecule has 1 aromatic rings. The summed E-state index contributed by atoms with van der Waals surface area (Å²) in [4.78, 5) is 13.1. The largest absolute Gasteiger partial charge is 0.457 e. The zero-order valence-electron chi connectivity index (χ0n) is 10.5. The van der Waals surface area contributed by atoms with E-state index in [9.17, 15) is 4.79 Å². The van der Waals surface area contributed by atoms with Crippen molar-refractivity contribution in [2.75, 3.05) is 6.54 Å². The van der Waals surface area contributed by atoms with Gasteiger partial charge in [0.15, 0.2) is 12.0 Å². The van der Waals surface area contributed by atoms with Gasteiger partial charge in [0.25, 0.3) is 0 Å². The quantitative estimate of drug-likeness (QED) is 0.751. The maximum absolute atomic E-state index is 10.6. The normalized spacial score (nSPS) is 22.3.